The summed E-state index contributed by atoms with van der Waals surface area (Å²) >= 11 is 3.20. The number of benzene rings is 1. The van der Waals surface area contributed by atoms with Gasteiger partial charge in [0.25, 0.3) is 0 Å². The molecule has 0 fully saturated rings. The van der Waals surface area contributed by atoms with Crippen molar-refractivity contribution in [2.75, 3.05) is 13.9 Å². The predicted octanol–water partition coefficient (Wildman–Crippen LogP) is 2.57. The standard InChI is InChI=1S/C8H8BrFO2/c1-11-5-12-8-4-6(9)2-3-7(8)10/h2-4H,5H2,1H3. The van der Waals surface area contributed by atoms with Gasteiger partial charge in [-0.3, -0.25) is 0 Å². The van der Waals surface area contributed by atoms with Gasteiger partial charge in [0, 0.05) is 11.6 Å². The van der Waals surface area contributed by atoms with Crippen molar-refractivity contribution >= 4 is 15.9 Å². The summed E-state index contributed by atoms with van der Waals surface area (Å²) in [6.45, 7) is 0.0490. The monoisotopic (exact) mass is 234 g/mol. The molecule has 0 heterocycles. The van der Waals surface area contributed by atoms with Crippen molar-refractivity contribution in [2.24, 2.45) is 0 Å². The zero-order valence-electron chi connectivity index (χ0n) is 6.51. The minimum absolute atomic E-state index is 0.0490. The van der Waals surface area contributed by atoms with Crippen LogP contribution in [0.5, 0.6) is 5.75 Å². The second kappa shape index (κ2) is 4.42. The van der Waals surface area contributed by atoms with Crippen molar-refractivity contribution in [1.29, 1.82) is 0 Å². The highest BCUT2D eigenvalue weighted by molar-refractivity contribution is 9.10. The molecule has 0 unspecified atom stereocenters. The molecule has 0 saturated heterocycles. The number of hydrogen-bond donors (Lipinski definition) is 0. The van der Waals surface area contributed by atoms with E-state index in [0.717, 1.165) is 4.47 Å². The maximum Gasteiger partial charge on any atom is 0.188 e. The third-order valence-corrected chi connectivity index (χ3v) is 1.72. The Hall–Kier alpha value is -0.610. The second-order valence-electron chi connectivity index (χ2n) is 2.13. The molecule has 1 aromatic carbocycles. The average Bonchev–Trinajstić information content (AvgIpc) is 2.07. The molecule has 12 heavy (non-hydrogen) atoms. The summed E-state index contributed by atoms with van der Waals surface area (Å²) in [4.78, 5) is 0. The van der Waals surface area contributed by atoms with E-state index in [-0.39, 0.29) is 12.5 Å². The van der Waals surface area contributed by atoms with Gasteiger partial charge in [-0.15, -0.1) is 0 Å². The fourth-order valence-corrected chi connectivity index (χ4v) is 1.05. The molecule has 0 radical (unpaired) electrons. The minimum Gasteiger partial charge on any atom is -0.464 e. The maximum atomic E-state index is 12.9. The van der Waals surface area contributed by atoms with Gasteiger partial charge < -0.3 is 9.47 Å². The topological polar surface area (TPSA) is 18.5 Å². The molecule has 0 spiro atoms. The SMILES string of the molecule is COCOc1cc(Br)ccc1F. The fraction of sp³-hybridized carbons (Fsp3) is 0.250. The van der Waals surface area contributed by atoms with E-state index in [2.05, 4.69) is 20.7 Å². The summed E-state index contributed by atoms with van der Waals surface area (Å²) in [7, 11) is 1.48. The normalized spacial score (nSPS) is 9.92. The van der Waals surface area contributed by atoms with Crippen LogP contribution in [-0.2, 0) is 4.74 Å². The molecule has 0 atom stereocenters. The molecule has 1 rings (SSSR count). The van der Waals surface area contributed by atoms with E-state index in [0.29, 0.717) is 0 Å². The van der Waals surface area contributed by atoms with Gasteiger partial charge in [-0.1, -0.05) is 15.9 Å². The molecular weight excluding hydrogens is 227 g/mol. The van der Waals surface area contributed by atoms with Crippen LogP contribution in [0.1, 0.15) is 0 Å². The van der Waals surface area contributed by atoms with Crippen LogP contribution in [0.4, 0.5) is 4.39 Å². The first-order valence-corrected chi connectivity index (χ1v) is 4.10. The van der Waals surface area contributed by atoms with Crippen LogP contribution in [0.15, 0.2) is 22.7 Å². The van der Waals surface area contributed by atoms with Gasteiger partial charge in [0.1, 0.15) is 0 Å². The molecule has 0 aromatic heterocycles. The van der Waals surface area contributed by atoms with E-state index in [1.807, 2.05) is 0 Å². The quantitative estimate of drug-likeness (QED) is 0.749. The highest BCUT2D eigenvalue weighted by atomic mass is 79.9. The summed E-state index contributed by atoms with van der Waals surface area (Å²) in [6, 6.07) is 4.48. The van der Waals surface area contributed by atoms with Crippen molar-refractivity contribution in [3.8, 4) is 5.75 Å². The van der Waals surface area contributed by atoms with E-state index < -0.39 is 5.82 Å². The van der Waals surface area contributed by atoms with Gasteiger partial charge in [-0.2, -0.15) is 0 Å². The molecule has 1 aromatic rings. The van der Waals surface area contributed by atoms with Gasteiger partial charge in [-0.25, -0.2) is 4.39 Å². The molecule has 0 amide bonds. The Labute approximate surface area is 78.4 Å². The Morgan fingerprint density at radius 1 is 1.50 bits per heavy atom. The Morgan fingerprint density at radius 3 is 2.92 bits per heavy atom. The summed E-state index contributed by atoms with van der Waals surface area (Å²) in [6.07, 6.45) is 0. The zero-order chi connectivity index (χ0) is 8.97. The zero-order valence-corrected chi connectivity index (χ0v) is 8.10. The first-order chi connectivity index (χ1) is 5.74. The van der Waals surface area contributed by atoms with Crippen molar-refractivity contribution in [3.63, 3.8) is 0 Å². The number of rotatable bonds is 3. The summed E-state index contributed by atoms with van der Waals surface area (Å²) in [5.74, 6) is -0.207. The second-order valence-corrected chi connectivity index (χ2v) is 3.04. The van der Waals surface area contributed by atoms with E-state index in [1.54, 1.807) is 12.1 Å². The predicted molar refractivity (Wildman–Crippen MR) is 46.6 cm³/mol. The van der Waals surface area contributed by atoms with E-state index in [1.165, 1.54) is 13.2 Å². The van der Waals surface area contributed by atoms with Crippen molar-refractivity contribution in [2.45, 2.75) is 0 Å². The van der Waals surface area contributed by atoms with Gasteiger partial charge in [0.15, 0.2) is 18.4 Å². The van der Waals surface area contributed by atoms with Gasteiger partial charge in [-0.05, 0) is 18.2 Å². The number of ether oxygens (including phenoxy) is 2. The van der Waals surface area contributed by atoms with Crippen LogP contribution in [0.3, 0.4) is 0 Å². The number of halogens is 2. The van der Waals surface area contributed by atoms with E-state index in [9.17, 15) is 4.39 Å². The van der Waals surface area contributed by atoms with Crippen LogP contribution in [0.25, 0.3) is 0 Å². The molecule has 0 bridgehead atoms. The van der Waals surface area contributed by atoms with Crippen LogP contribution in [0.2, 0.25) is 0 Å². The van der Waals surface area contributed by atoms with Crippen LogP contribution < -0.4 is 4.74 Å². The molecule has 0 aliphatic rings. The lowest BCUT2D eigenvalue weighted by Crippen LogP contribution is -2.00. The molecule has 0 aliphatic heterocycles. The molecule has 0 aliphatic carbocycles. The molecule has 66 valence electrons. The van der Waals surface area contributed by atoms with E-state index >= 15 is 0 Å². The Morgan fingerprint density at radius 2 is 2.25 bits per heavy atom. The molecule has 2 nitrogen and oxygen atoms in total. The molecule has 4 heteroatoms. The summed E-state index contributed by atoms with van der Waals surface area (Å²) in [5.41, 5.74) is 0. The Kier molecular flexibility index (Phi) is 3.49. The largest absolute Gasteiger partial charge is 0.464 e. The van der Waals surface area contributed by atoms with Crippen LogP contribution in [0, 0.1) is 5.82 Å². The minimum atomic E-state index is -0.393. The van der Waals surface area contributed by atoms with Crippen molar-refractivity contribution in [3.05, 3.63) is 28.5 Å². The highest BCUT2D eigenvalue weighted by Gasteiger charge is 2.02. The Bertz CT molecular complexity index is 265. The van der Waals surface area contributed by atoms with Crippen LogP contribution >= 0.6 is 15.9 Å². The lowest BCUT2D eigenvalue weighted by Gasteiger charge is -2.05. The number of hydrogen-bond acceptors (Lipinski definition) is 2. The van der Waals surface area contributed by atoms with Gasteiger partial charge in [0.2, 0.25) is 0 Å². The van der Waals surface area contributed by atoms with Crippen molar-refractivity contribution in [1.82, 2.24) is 0 Å². The number of methoxy groups -OCH3 is 1. The maximum absolute atomic E-state index is 12.9. The van der Waals surface area contributed by atoms with Crippen molar-refractivity contribution < 1.29 is 13.9 Å². The molecule has 0 N–H and O–H groups in total. The Balaban J connectivity index is 2.75. The highest BCUT2D eigenvalue weighted by Crippen LogP contribution is 2.21. The fourth-order valence-electron chi connectivity index (χ4n) is 0.710. The first-order valence-electron chi connectivity index (χ1n) is 3.31. The third-order valence-electron chi connectivity index (χ3n) is 1.23. The lowest BCUT2D eigenvalue weighted by atomic mass is 10.3. The summed E-state index contributed by atoms with van der Waals surface area (Å²) in [5, 5.41) is 0. The van der Waals surface area contributed by atoms with Crippen LogP contribution in [-0.4, -0.2) is 13.9 Å². The van der Waals surface area contributed by atoms with E-state index in [4.69, 9.17) is 4.74 Å². The average molecular weight is 235 g/mol. The van der Waals surface area contributed by atoms with Gasteiger partial charge >= 0.3 is 0 Å². The van der Waals surface area contributed by atoms with Gasteiger partial charge in [0.05, 0.1) is 0 Å². The smallest absolute Gasteiger partial charge is 0.188 e. The lowest BCUT2D eigenvalue weighted by molar-refractivity contribution is 0.0482. The third kappa shape index (κ3) is 2.46. The first kappa shape index (κ1) is 9.48. The molecule has 0 saturated carbocycles. The molecular formula is C8H8BrFO2. The summed E-state index contributed by atoms with van der Waals surface area (Å²) < 4.78 is 23.2.